The third kappa shape index (κ3) is 1.98. The van der Waals surface area contributed by atoms with Crippen LogP contribution in [0.5, 0.6) is 5.75 Å². The topological polar surface area (TPSA) is 58.6 Å². The van der Waals surface area contributed by atoms with Crippen LogP contribution >= 0.6 is 11.3 Å². The number of aliphatic hydroxyl groups is 1. The summed E-state index contributed by atoms with van der Waals surface area (Å²) in [5, 5.41) is 13.7. The highest BCUT2D eigenvalue weighted by Crippen LogP contribution is 2.35. The molecule has 0 spiro atoms. The van der Waals surface area contributed by atoms with Gasteiger partial charge in [-0.05, 0) is 24.3 Å². The van der Waals surface area contributed by atoms with Crippen molar-refractivity contribution in [3.05, 3.63) is 16.3 Å². The first kappa shape index (κ1) is 10.4. The van der Waals surface area contributed by atoms with E-state index in [1.807, 2.05) is 5.38 Å². The number of ether oxygens (including phenoxy) is 1. The minimum atomic E-state index is -0.369. The number of nitrogens with one attached hydrogen (secondary N) is 1. The second-order valence-corrected chi connectivity index (χ2v) is 4.63. The second-order valence-electron chi connectivity index (χ2n) is 3.71. The van der Waals surface area contributed by atoms with Crippen molar-refractivity contribution in [1.29, 1.82) is 0 Å². The lowest BCUT2D eigenvalue weighted by atomic mass is 10.3. The van der Waals surface area contributed by atoms with E-state index in [1.165, 1.54) is 18.4 Å². The number of rotatable bonds is 4. The van der Waals surface area contributed by atoms with E-state index in [0.29, 0.717) is 10.6 Å². The molecule has 0 bridgehead atoms. The molecule has 1 aromatic heterocycles. The van der Waals surface area contributed by atoms with Crippen LogP contribution < -0.4 is 10.1 Å². The maximum atomic E-state index is 11.8. The van der Waals surface area contributed by atoms with Crippen LogP contribution in [0.3, 0.4) is 0 Å². The molecular weight excluding hydrogens is 214 g/mol. The van der Waals surface area contributed by atoms with Crippen molar-refractivity contribution in [2.24, 2.45) is 0 Å². The maximum absolute atomic E-state index is 11.8. The molecular formula is C10H13NO3S. The summed E-state index contributed by atoms with van der Waals surface area (Å²) in [5.74, 6) is 0.430. The molecule has 82 valence electrons. The van der Waals surface area contributed by atoms with Crippen LogP contribution in [0, 0.1) is 0 Å². The van der Waals surface area contributed by atoms with Crippen LogP contribution in [0.15, 0.2) is 11.4 Å². The van der Waals surface area contributed by atoms with Gasteiger partial charge in [-0.2, -0.15) is 0 Å². The highest BCUT2D eigenvalue weighted by atomic mass is 32.1. The normalized spacial score (nSPS) is 17.2. The predicted molar refractivity (Wildman–Crippen MR) is 57.4 cm³/mol. The van der Waals surface area contributed by atoms with Crippen molar-refractivity contribution in [2.45, 2.75) is 18.4 Å². The fourth-order valence-corrected chi connectivity index (χ4v) is 2.15. The second kappa shape index (κ2) is 3.83. The molecule has 0 saturated heterocycles. The van der Waals surface area contributed by atoms with Crippen molar-refractivity contribution in [2.75, 3.05) is 13.7 Å². The van der Waals surface area contributed by atoms with Crippen LogP contribution in [0.1, 0.15) is 22.5 Å². The number of amides is 1. The van der Waals surface area contributed by atoms with Gasteiger partial charge in [-0.3, -0.25) is 4.79 Å². The Morgan fingerprint density at radius 1 is 1.73 bits per heavy atom. The molecule has 0 aliphatic heterocycles. The molecule has 1 heterocycles. The first-order valence-electron chi connectivity index (χ1n) is 4.76. The number of hydrogen-bond acceptors (Lipinski definition) is 4. The Morgan fingerprint density at radius 2 is 2.47 bits per heavy atom. The molecule has 15 heavy (non-hydrogen) atoms. The van der Waals surface area contributed by atoms with E-state index < -0.39 is 0 Å². The van der Waals surface area contributed by atoms with E-state index in [9.17, 15) is 4.79 Å². The van der Waals surface area contributed by atoms with Crippen molar-refractivity contribution in [3.8, 4) is 5.75 Å². The van der Waals surface area contributed by atoms with Crippen LogP contribution in [0.2, 0.25) is 0 Å². The van der Waals surface area contributed by atoms with E-state index in [2.05, 4.69) is 5.32 Å². The highest BCUT2D eigenvalue weighted by molar-refractivity contribution is 7.12. The number of hydrogen-bond donors (Lipinski definition) is 2. The van der Waals surface area contributed by atoms with Crippen molar-refractivity contribution in [3.63, 3.8) is 0 Å². The van der Waals surface area contributed by atoms with Crippen molar-refractivity contribution in [1.82, 2.24) is 5.32 Å². The monoisotopic (exact) mass is 227 g/mol. The van der Waals surface area contributed by atoms with Crippen LogP contribution in [-0.2, 0) is 0 Å². The van der Waals surface area contributed by atoms with E-state index >= 15 is 0 Å². The Kier molecular flexibility index (Phi) is 2.67. The van der Waals surface area contributed by atoms with E-state index in [4.69, 9.17) is 9.84 Å². The largest absolute Gasteiger partial charge is 0.495 e. The molecule has 2 N–H and O–H groups in total. The summed E-state index contributed by atoms with van der Waals surface area (Å²) in [7, 11) is 1.54. The Hall–Kier alpha value is -1.07. The molecule has 2 rings (SSSR count). The number of aliphatic hydroxyl groups excluding tert-OH is 1. The minimum absolute atomic E-state index is 0.00638. The summed E-state index contributed by atoms with van der Waals surface area (Å²) in [5.41, 5.74) is -0.369. The lowest BCUT2D eigenvalue weighted by molar-refractivity contribution is 0.0908. The van der Waals surface area contributed by atoms with Crippen LogP contribution in [-0.4, -0.2) is 30.3 Å². The maximum Gasteiger partial charge on any atom is 0.265 e. The Balaban J connectivity index is 2.08. The molecule has 0 aromatic carbocycles. The van der Waals surface area contributed by atoms with Gasteiger partial charge in [-0.15, -0.1) is 11.3 Å². The molecule has 1 fully saturated rings. The molecule has 4 nitrogen and oxygen atoms in total. The Labute approximate surface area is 91.9 Å². The van der Waals surface area contributed by atoms with Gasteiger partial charge in [0.25, 0.3) is 5.91 Å². The summed E-state index contributed by atoms with van der Waals surface area (Å²) in [4.78, 5) is 12.4. The fourth-order valence-electron chi connectivity index (χ4n) is 1.39. The predicted octanol–water partition coefficient (Wildman–Crippen LogP) is 1.01. The van der Waals surface area contributed by atoms with Gasteiger partial charge < -0.3 is 15.2 Å². The molecule has 1 saturated carbocycles. The molecule has 1 aliphatic carbocycles. The van der Waals surface area contributed by atoms with Crippen molar-refractivity contribution >= 4 is 17.2 Å². The molecule has 1 aliphatic rings. The quantitative estimate of drug-likeness (QED) is 0.807. The lowest BCUT2D eigenvalue weighted by Gasteiger charge is -2.13. The molecule has 1 amide bonds. The zero-order valence-corrected chi connectivity index (χ0v) is 9.26. The van der Waals surface area contributed by atoms with E-state index in [1.54, 1.807) is 6.07 Å². The third-order valence-electron chi connectivity index (χ3n) is 2.59. The summed E-state index contributed by atoms with van der Waals surface area (Å²) < 4.78 is 5.06. The van der Waals surface area contributed by atoms with Gasteiger partial charge in [0, 0.05) is 0 Å². The molecule has 0 atom stereocenters. The van der Waals surface area contributed by atoms with Gasteiger partial charge in [-0.25, -0.2) is 0 Å². The third-order valence-corrected chi connectivity index (χ3v) is 3.48. The summed E-state index contributed by atoms with van der Waals surface area (Å²) in [6.07, 6.45) is 1.70. The van der Waals surface area contributed by atoms with E-state index in [0.717, 1.165) is 12.8 Å². The minimum Gasteiger partial charge on any atom is -0.495 e. The smallest absolute Gasteiger partial charge is 0.265 e. The average molecular weight is 227 g/mol. The highest BCUT2D eigenvalue weighted by Gasteiger charge is 2.43. The zero-order chi connectivity index (χ0) is 10.9. The standard InChI is InChI=1S/C10H13NO3S/c1-14-7-2-5-15-8(7)9(13)11-10(6-12)3-4-10/h2,5,12H,3-4,6H2,1H3,(H,11,13). The van der Waals surface area contributed by atoms with Crippen LogP contribution in [0.4, 0.5) is 0 Å². The average Bonchev–Trinajstić information content (AvgIpc) is 2.85. The van der Waals surface area contributed by atoms with Gasteiger partial charge in [0.1, 0.15) is 10.6 Å². The SMILES string of the molecule is COc1ccsc1C(=O)NC1(CO)CC1. The van der Waals surface area contributed by atoms with Gasteiger partial charge in [0.2, 0.25) is 0 Å². The van der Waals surface area contributed by atoms with Gasteiger partial charge in [0.05, 0.1) is 19.3 Å². The first-order chi connectivity index (χ1) is 7.21. The number of thiophene rings is 1. The summed E-state index contributed by atoms with van der Waals surface area (Å²) in [6.45, 7) is 0.00638. The number of carbonyl (C=O) groups excluding carboxylic acids is 1. The lowest BCUT2D eigenvalue weighted by Crippen LogP contribution is -2.39. The Morgan fingerprint density at radius 3 is 3.00 bits per heavy atom. The van der Waals surface area contributed by atoms with Crippen LogP contribution in [0.25, 0.3) is 0 Å². The first-order valence-corrected chi connectivity index (χ1v) is 5.63. The molecule has 5 heteroatoms. The van der Waals surface area contributed by atoms with Crippen molar-refractivity contribution < 1.29 is 14.6 Å². The summed E-state index contributed by atoms with van der Waals surface area (Å²) in [6, 6.07) is 1.76. The fraction of sp³-hybridized carbons (Fsp3) is 0.500. The van der Waals surface area contributed by atoms with E-state index in [-0.39, 0.29) is 18.1 Å². The van der Waals surface area contributed by atoms with Gasteiger partial charge in [-0.1, -0.05) is 0 Å². The Bertz CT molecular complexity index is 370. The zero-order valence-electron chi connectivity index (χ0n) is 8.45. The number of carbonyl (C=O) groups is 1. The van der Waals surface area contributed by atoms with Gasteiger partial charge in [0.15, 0.2) is 0 Å². The summed E-state index contributed by atoms with van der Waals surface area (Å²) >= 11 is 1.34. The number of methoxy groups -OCH3 is 1. The molecule has 1 aromatic rings. The molecule has 0 radical (unpaired) electrons. The molecule has 0 unspecified atom stereocenters. The van der Waals surface area contributed by atoms with Gasteiger partial charge >= 0.3 is 0 Å².